The van der Waals surface area contributed by atoms with Crippen molar-refractivity contribution in [2.24, 2.45) is 5.92 Å². The van der Waals surface area contributed by atoms with Crippen LogP contribution in [0.25, 0.3) is 0 Å². The van der Waals surface area contributed by atoms with E-state index in [9.17, 15) is 4.79 Å². The number of carboxylic acid groups (broad SMARTS) is 1. The van der Waals surface area contributed by atoms with Gasteiger partial charge in [-0.2, -0.15) is 0 Å². The lowest BCUT2D eigenvalue weighted by atomic mass is 10.0. The molecule has 0 spiro atoms. The van der Waals surface area contributed by atoms with Crippen LogP contribution in [0, 0.1) is 5.92 Å². The number of carboxylic acids is 1. The van der Waals surface area contributed by atoms with Gasteiger partial charge in [-0.25, -0.2) is 0 Å². The Morgan fingerprint density at radius 2 is 2.33 bits per heavy atom. The normalized spacial score (nSPS) is 29.1. The second-order valence-electron chi connectivity index (χ2n) is 3.28. The average Bonchev–Trinajstić information content (AvgIpc) is 2.37. The highest BCUT2D eigenvalue weighted by Gasteiger charge is 2.29. The van der Waals surface area contributed by atoms with Crippen LogP contribution in [0.1, 0.15) is 32.6 Å². The van der Waals surface area contributed by atoms with Gasteiger partial charge in [0.05, 0.1) is 12.5 Å². The third-order valence-corrected chi connectivity index (χ3v) is 2.41. The van der Waals surface area contributed by atoms with Gasteiger partial charge in [-0.15, -0.1) is 0 Å². The number of ether oxygens (including phenoxy) is 1. The van der Waals surface area contributed by atoms with Gasteiger partial charge in [-0.1, -0.05) is 6.42 Å². The molecule has 1 aliphatic rings. The molecule has 0 aromatic carbocycles. The van der Waals surface area contributed by atoms with Crippen molar-refractivity contribution in [3.8, 4) is 0 Å². The summed E-state index contributed by atoms with van der Waals surface area (Å²) in [5, 5.41) is 8.60. The van der Waals surface area contributed by atoms with Crippen molar-refractivity contribution in [1.29, 1.82) is 0 Å². The first-order valence-electron chi connectivity index (χ1n) is 4.57. The van der Waals surface area contributed by atoms with Gasteiger partial charge >= 0.3 is 5.97 Å². The third-order valence-electron chi connectivity index (χ3n) is 2.41. The Labute approximate surface area is 72.7 Å². The van der Waals surface area contributed by atoms with Crippen molar-refractivity contribution in [2.45, 2.75) is 38.7 Å². The predicted octanol–water partition coefficient (Wildman–Crippen LogP) is 1.67. The van der Waals surface area contributed by atoms with E-state index in [4.69, 9.17) is 9.84 Å². The fourth-order valence-electron chi connectivity index (χ4n) is 1.89. The van der Waals surface area contributed by atoms with Gasteiger partial charge in [0.2, 0.25) is 0 Å². The van der Waals surface area contributed by atoms with E-state index < -0.39 is 5.97 Å². The lowest BCUT2D eigenvalue weighted by molar-refractivity contribution is -0.139. The summed E-state index contributed by atoms with van der Waals surface area (Å²) in [7, 11) is 0. The highest BCUT2D eigenvalue weighted by atomic mass is 16.5. The number of hydrogen-bond acceptors (Lipinski definition) is 2. The van der Waals surface area contributed by atoms with Crippen molar-refractivity contribution in [1.82, 2.24) is 0 Å². The molecule has 3 heteroatoms. The molecule has 0 saturated heterocycles. The first-order chi connectivity index (χ1) is 5.74. The van der Waals surface area contributed by atoms with E-state index in [-0.39, 0.29) is 18.4 Å². The van der Waals surface area contributed by atoms with Crippen molar-refractivity contribution < 1.29 is 14.6 Å². The van der Waals surface area contributed by atoms with Gasteiger partial charge in [0.1, 0.15) is 0 Å². The smallest absolute Gasteiger partial charge is 0.303 e. The van der Waals surface area contributed by atoms with E-state index in [0.717, 1.165) is 19.3 Å². The van der Waals surface area contributed by atoms with Crippen LogP contribution in [0.4, 0.5) is 0 Å². The van der Waals surface area contributed by atoms with Crippen molar-refractivity contribution in [3.05, 3.63) is 0 Å². The molecule has 2 atom stereocenters. The van der Waals surface area contributed by atoms with Crippen LogP contribution in [-0.4, -0.2) is 23.8 Å². The van der Waals surface area contributed by atoms with Crippen LogP contribution in [0.2, 0.25) is 0 Å². The van der Waals surface area contributed by atoms with Gasteiger partial charge in [0, 0.05) is 6.61 Å². The zero-order chi connectivity index (χ0) is 8.97. The molecule has 0 amide bonds. The maximum atomic E-state index is 10.4. The molecule has 3 nitrogen and oxygen atoms in total. The van der Waals surface area contributed by atoms with E-state index in [1.54, 1.807) is 0 Å². The highest BCUT2D eigenvalue weighted by molar-refractivity contribution is 5.67. The molecule has 0 aromatic heterocycles. The minimum absolute atomic E-state index is 0.200. The zero-order valence-corrected chi connectivity index (χ0v) is 7.45. The maximum Gasteiger partial charge on any atom is 0.303 e. The van der Waals surface area contributed by atoms with Crippen LogP contribution in [0.15, 0.2) is 0 Å². The largest absolute Gasteiger partial charge is 0.481 e. The summed E-state index contributed by atoms with van der Waals surface area (Å²) in [5.74, 6) is -0.450. The SMILES string of the molecule is CCOC1CCCC1CC(=O)O. The van der Waals surface area contributed by atoms with Crippen molar-refractivity contribution in [3.63, 3.8) is 0 Å². The van der Waals surface area contributed by atoms with Crippen LogP contribution < -0.4 is 0 Å². The molecular weight excluding hydrogens is 156 g/mol. The topological polar surface area (TPSA) is 46.5 Å². The van der Waals surface area contributed by atoms with Gasteiger partial charge in [0.15, 0.2) is 0 Å². The summed E-state index contributed by atoms with van der Waals surface area (Å²) in [6, 6.07) is 0. The van der Waals surface area contributed by atoms with Gasteiger partial charge in [-0.3, -0.25) is 4.79 Å². The summed E-state index contributed by atoms with van der Waals surface area (Å²) < 4.78 is 5.45. The molecule has 1 aliphatic carbocycles. The molecule has 0 bridgehead atoms. The fraction of sp³-hybridized carbons (Fsp3) is 0.889. The molecular formula is C9H16O3. The molecule has 1 saturated carbocycles. The summed E-state index contributed by atoms with van der Waals surface area (Å²) in [6.07, 6.45) is 3.63. The first-order valence-corrected chi connectivity index (χ1v) is 4.57. The second-order valence-corrected chi connectivity index (χ2v) is 3.28. The Balaban J connectivity index is 2.35. The quantitative estimate of drug-likeness (QED) is 0.701. The summed E-state index contributed by atoms with van der Waals surface area (Å²) in [5.41, 5.74) is 0. The monoisotopic (exact) mass is 172 g/mol. The number of rotatable bonds is 4. The van der Waals surface area contributed by atoms with Gasteiger partial charge < -0.3 is 9.84 Å². The van der Waals surface area contributed by atoms with Crippen molar-refractivity contribution >= 4 is 5.97 Å². The van der Waals surface area contributed by atoms with Gasteiger partial charge in [0.25, 0.3) is 0 Å². The first kappa shape index (κ1) is 9.52. The van der Waals surface area contributed by atoms with Crippen LogP contribution >= 0.6 is 0 Å². The molecule has 0 aliphatic heterocycles. The van der Waals surface area contributed by atoms with Gasteiger partial charge in [-0.05, 0) is 25.7 Å². The van der Waals surface area contributed by atoms with E-state index in [0.29, 0.717) is 6.61 Å². The molecule has 70 valence electrons. The Hall–Kier alpha value is -0.570. The summed E-state index contributed by atoms with van der Waals surface area (Å²) >= 11 is 0. The lowest BCUT2D eigenvalue weighted by Crippen LogP contribution is -2.20. The number of aliphatic carboxylic acids is 1. The molecule has 1 fully saturated rings. The minimum atomic E-state index is -0.702. The van der Waals surface area contributed by atoms with E-state index in [1.165, 1.54) is 0 Å². The van der Waals surface area contributed by atoms with Crippen molar-refractivity contribution in [2.75, 3.05) is 6.61 Å². The van der Waals surface area contributed by atoms with E-state index >= 15 is 0 Å². The average molecular weight is 172 g/mol. The predicted molar refractivity (Wildman–Crippen MR) is 45.0 cm³/mol. The number of carbonyl (C=O) groups is 1. The molecule has 2 unspecified atom stereocenters. The maximum absolute atomic E-state index is 10.4. The summed E-state index contributed by atoms with van der Waals surface area (Å²) in [4.78, 5) is 10.4. The van der Waals surface area contributed by atoms with E-state index in [1.807, 2.05) is 6.92 Å². The Bertz CT molecular complexity index is 156. The second kappa shape index (κ2) is 4.45. The molecule has 1 rings (SSSR count). The molecule has 1 N–H and O–H groups in total. The molecule has 0 heterocycles. The Morgan fingerprint density at radius 1 is 1.58 bits per heavy atom. The molecule has 0 radical (unpaired) electrons. The Morgan fingerprint density at radius 3 is 2.92 bits per heavy atom. The van der Waals surface area contributed by atoms with E-state index in [2.05, 4.69) is 0 Å². The lowest BCUT2D eigenvalue weighted by Gasteiger charge is -2.17. The van der Waals surface area contributed by atoms with Crippen LogP contribution in [0.5, 0.6) is 0 Å². The standard InChI is InChI=1S/C9H16O3/c1-2-12-8-5-3-4-7(8)6-9(10)11/h7-8H,2-6H2,1H3,(H,10,11). The zero-order valence-electron chi connectivity index (χ0n) is 7.45. The Kier molecular flexibility index (Phi) is 3.53. The molecule has 12 heavy (non-hydrogen) atoms. The third kappa shape index (κ3) is 2.48. The number of hydrogen-bond donors (Lipinski definition) is 1. The summed E-state index contributed by atoms with van der Waals surface area (Å²) in [6.45, 7) is 2.65. The minimum Gasteiger partial charge on any atom is -0.481 e. The molecule has 0 aromatic rings. The van der Waals surface area contributed by atoms with Crippen LogP contribution in [-0.2, 0) is 9.53 Å². The fourth-order valence-corrected chi connectivity index (χ4v) is 1.89. The highest BCUT2D eigenvalue weighted by Crippen LogP contribution is 2.30. The van der Waals surface area contributed by atoms with Crippen LogP contribution in [0.3, 0.4) is 0 Å².